The van der Waals surface area contributed by atoms with Gasteiger partial charge in [0.05, 0.1) is 0 Å². The number of aliphatic hydroxyl groups is 12. The second-order valence-electron chi connectivity index (χ2n) is 3.79. The molecule has 0 saturated carbocycles. The second-order valence-corrected chi connectivity index (χ2v) is 3.79. The topological polar surface area (TPSA) is 274 Å². The molecule has 0 aliphatic carbocycles. The summed E-state index contributed by atoms with van der Waals surface area (Å²) in [6.07, 6.45) is -7.00. The van der Waals surface area contributed by atoms with E-state index in [1.54, 1.807) is 0 Å². The van der Waals surface area contributed by atoms with Crippen molar-refractivity contribution in [2.45, 2.75) is 79.3 Å². The van der Waals surface area contributed by atoms with Gasteiger partial charge in [-0.1, -0.05) is 0 Å². The van der Waals surface area contributed by atoms with Crippen LogP contribution in [0.25, 0.3) is 0 Å². The van der Waals surface area contributed by atoms with Gasteiger partial charge in [-0.25, -0.2) is 0 Å². The van der Waals surface area contributed by atoms with Crippen molar-refractivity contribution < 1.29 is 125 Å². The second kappa shape index (κ2) is 56.6. The van der Waals surface area contributed by atoms with Gasteiger partial charge in [0, 0.05) is 58.4 Å². The molecule has 0 heterocycles. The van der Waals surface area contributed by atoms with Crippen molar-refractivity contribution >= 4 is 0 Å². The number of hydrogen-bond donors (Lipinski definition) is 12. The largest absolute Gasteiger partial charge is 0.412 e. The Kier molecular flexibility index (Phi) is 127. The van der Waals surface area contributed by atoms with Crippen LogP contribution >= 0.6 is 0 Å². The van der Waals surface area contributed by atoms with Gasteiger partial charge in [0.2, 0.25) is 0 Å². The Balaban J connectivity index is -0.0000000169. The SMILES string of the molecule is CC(O)O.CC(O)O.CC(O)O.CC(O)O.CC(O)O.CC(O)O.O.[Ru].[Ru].[Ru]. The summed E-state index contributed by atoms with van der Waals surface area (Å²) < 4.78 is 0. The molecule has 13 nitrogen and oxygen atoms in total. The molecule has 16 heteroatoms. The van der Waals surface area contributed by atoms with E-state index in [2.05, 4.69) is 0 Å². The maximum Gasteiger partial charge on any atom is 0.148 e. The van der Waals surface area contributed by atoms with Gasteiger partial charge in [0.1, 0.15) is 37.7 Å². The molecule has 0 atom stereocenters. The maximum absolute atomic E-state index is 7.61. The van der Waals surface area contributed by atoms with Gasteiger partial charge in [0.25, 0.3) is 0 Å². The molecule has 0 bridgehead atoms. The molecule has 0 aromatic carbocycles. The summed E-state index contributed by atoms with van der Waals surface area (Å²) in [7, 11) is 0. The molecule has 0 aliphatic heterocycles. The Morgan fingerprint density at radius 1 is 0.286 bits per heavy atom. The molecule has 0 aliphatic rings. The van der Waals surface area contributed by atoms with Crippen molar-refractivity contribution in [2.75, 3.05) is 0 Å². The van der Waals surface area contributed by atoms with E-state index in [1.807, 2.05) is 0 Å². The minimum absolute atomic E-state index is 0. The minimum atomic E-state index is -1.17. The van der Waals surface area contributed by atoms with E-state index in [-0.39, 0.29) is 63.9 Å². The fraction of sp³-hybridized carbons (Fsp3) is 1.00. The number of hydrogen-bond acceptors (Lipinski definition) is 12. The molecule has 0 radical (unpaired) electrons. The standard InChI is InChI=1S/6C2H6O2.H2O.3Ru/c6*1-2(3)4;;;;/h6*2-4H,1H3;1H2;;;. The van der Waals surface area contributed by atoms with Crippen molar-refractivity contribution in [3.8, 4) is 0 Å². The summed E-state index contributed by atoms with van der Waals surface area (Å²) in [4.78, 5) is 0. The van der Waals surface area contributed by atoms with Crippen LogP contribution in [0.3, 0.4) is 0 Å². The summed E-state index contributed by atoms with van der Waals surface area (Å²) in [6, 6.07) is 0. The summed E-state index contributed by atoms with van der Waals surface area (Å²) >= 11 is 0. The Hall–Kier alpha value is 1.35. The average Bonchev–Trinajstić information content (AvgIpc) is 2.08. The van der Waals surface area contributed by atoms with Gasteiger partial charge in [0.15, 0.2) is 0 Å². The van der Waals surface area contributed by atoms with Crippen molar-refractivity contribution in [2.24, 2.45) is 0 Å². The monoisotopic (exact) mass is 696 g/mol. The first-order chi connectivity index (χ1) is 10.4. The summed E-state index contributed by atoms with van der Waals surface area (Å²) in [5.74, 6) is 0. The van der Waals surface area contributed by atoms with E-state index in [0.717, 1.165) is 0 Å². The van der Waals surface area contributed by atoms with Crippen LogP contribution < -0.4 is 0 Å². The zero-order chi connectivity index (χ0) is 21.5. The number of aliphatic hydroxyl groups excluding tert-OH is 6. The first-order valence-corrected chi connectivity index (χ1v) is 6.56. The normalized spacial score (nSPS) is 7.71. The fourth-order valence-corrected chi connectivity index (χ4v) is 0. The van der Waals surface area contributed by atoms with Crippen LogP contribution in [-0.2, 0) is 58.4 Å². The predicted octanol–water partition coefficient (Wildman–Crippen LogP) is -4.93. The van der Waals surface area contributed by atoms with Crippen LogP contribution in [0, 0.1) is 0 Å². The summed E-state index contributed by atoms with van der Waals surface area (Å²) in [5, 5.41) is 91.3. The summed E-state index contributed by atoms with van der Waals surface area (Å²) in [5.41, 5.74) is 0. The van der Waals surface area contributed by atoms with Gasteiger partial charge in [-0.3, -0.25) is 0 Å². The van der Waals surface area contributed by atoms with Gasteiger partial charge >= 0.3 is 0 Å². The third kappa shape index (κ3) is 10400. The number of rotatable bonds is 0. The Morgan fingerprint density at radius 2 is 0.286 bits per heavy atom. The molecule has 0 spiro atoms. The van der Waals surface area contributed by atoms with Crippen LogP contribution in [0.5, 0.6) is 0 Å². The molecule has 0 aromatic rings. The van der Waals surface area contributed by atoms with Crippen LogP contribution in [0.15, 0.2) is 0 Å². The molecule has 188 valence electrons. The minimum Gasteiger partial charge on any atom is -0.412 e. The summed E-state index contributed by atoms with van der Waals surface area (Å²) in [6.45, 7) is 7.67. The van der Waals surface area contributed by atoms with Crippen LogP contribution in [-0.4, -0.2) is 104 Å². The van der Waals surface area contributed by atoms with Crippen molar-refractivity contribution in [3.63, 3.8) is 0 Å². The molecule has 0 aromatic heterocycles. The molecule has 0 saturated heterocycles. The smallest absolute Gasteiger partial charge is 0.148 e. The van der Waals surface area contributed by atoms with Crippen molar-refractivity contribution in [1.82, 2.24) is 0 Å². The van der Waals surface area contributed by atoms with E-state index in [0.29, 0.717) is 0 Å². The molecule has 0 rings (SSSR count). The molecular weight excluding hydrogens is 655 g/mol. The zero-order valence-corrected chi connectivity index (χ0v) is 21.6. The molecule has 0 amide bonds. The molecule has 0 fully saturated rings. The van der Waals surface area contributed by atoms with E-state index in [1.165, 1.54) is 41.5 Å². The Morgan fingerprint density at radius 3 is 0.286 bits per heavy atom. The molecular formula is C12H38O13Ru3. The van der Waals surface area contributed by atoms with Crippen LogP contribution in [0.2, 0.25) is 0 Å². The van der Waals surface area contributed by atoms with E-state index >= 15 is 0 Å². The maximum atomic E-state index is 7.61. The van der Waals surface area contributed by atoms with E-state index in [4.69, 9.17) is 61.3 Å². The van der Waals surface area contributed by atoms with Crippen molar-refractivity contribution in [3.05, 3.63) is 0 Å². The van der Waals surface area contributed by atoms with Gasteiger partial charge in [-0.15, -0.1) is 0 Å². The van der Waals surface area contributed by atoms with Crippen LogP contribution in [0.4, 0.5) is 0 Å². The first-order valence-electron chi connectivity index (χ1n) is 6.56. The zero-order valence-electron chi connectivity index (χ0n) is 16.4. The molecule has 28 heavy (non-hydrogen) atoms. The van der Waals surface area contributed by atoms with Gasteiger partial charge < -0.3 is 66.8 Å². The van der Waals surface area contributed by atoms with Crippen molar-refractivity contribution in [1.29, 1.82) is 0 Å². The third-order valence-electron chi connectivity index (χ3n) is 0. The first kappa shape index (κ1) is 63.0. The fourth-order valence-electron chi connectivity index (χ4n) is 0. The van der Waals surface area contributed by atoms with E-state index < -0.39 is 37.7 Å². The third-order valence-corrected chi connectivity index (χ3v) is 0. The molecule has 0 unspecified atom stereocenters. The predicted molar refractivity (Wildman–Crippen MR) is 87.0 cm³/mol. The van der Waals surface area contributed by atoms with E-state index in [9.17, 15) is 0 Å². The quantitative estimate of drug-likeness (QED) is 0.0841. The van der Waals surface area contributed by atoms with Gasteiger partial charge in [-0.2, -0.15) is 0 Å². The average molecular weight is 694 g/mol. The Bertz CT molecular complexity index is 114. The van der Waals surface area contributed by atoms with Gasteiger partial charge in [-0.05, 0) is 41.5 Å². The van der Waals surface area contributed by atoms with Crippen LogP contribution in [0.1, 0.15) is 41.5 Å². The Labute approximate surface area is 203 Å². The molecule has 14 N–H and O–H groups in total.